The standard InChI is InChI=1S/C9H17NO5S2/c1-9(2,7(10)8(12)13)16-6-4-17(14,15)3-5(6)11/h5-7,11H,3-4,10H2,1-2H3,(H,12,13)/t5?,6?,7-/m0/s1. The van der Waals surface area contributed by atoms with Gasteiger partial charge in [0.05, 0.1) is 17.6 Å². The van der Waals surface area contributed by atoms with Gasteiger partial charge in [-0.25, -0.2) is 8.42 Å². The number of rotatable bonds is 4. The van der Waals surface area contributed by atoms with E-state index < -0.39 is 37.9 Å². The highest BCUT2D eigenvalue weighted by molar-refractivity contribution is 8.03. The van der Waals surface area contributed by atoms with Gasteiger partial charge in [0.25, 0.3) is 0 Å². The number of aliphatic carboxylic acids is 1. The molecule has 4 N–H and O–H groups in total. The fraction of sp³-hybridized carbons (Fsp3) is 0.889. The van der Waals surface area contributed by atoms with Crippen molar-refractivity contribution in [3.05, 3.63) is 0 Å². The highest BCUT2D eigenvalue weighted by Gasteiger charge is 2.43. The number of hydrogen-bond acceptors (Lipinski definition) is 6. The van der Waals surface area contributed by atoms with E-state index in [1.54, 1.807) is 13.8 Å². The maximum atomic E-state index is 11.3. The lowest BCUT2D eigenvalue weighted by Gasteiger charge is -2.31. The van der Waals surface area contributed by atoms with Gasteiger partial charge in [-0.15, -0.1) is 11.8 Å². The number of aliphatic hydroxyl groups excluding tert-OH is 1. The van der Waals surface area contributed by atoms with Gasteiger partial charge in [0.2, 0.25) is 0 Å². The van der Waals surface area contributed by atoms with E-state index in [0.717, 1.165) is 11.8 Å². The minimum Gasteiger partial charge on any atom is -0.480 e. The molecule has 0 radical (unpaired) electrons. The second-order valence-corrected chi connectivity index (χ2v) is 8.77. The van der Waals surface area contributed by atoms with E-state index in [0.29, 0.717) is 0 Å². The Labute approximate surface area is 104 Å². The molecule has 1 aliphatic heterocycles. The van der Waals surface area contributed by atoms with Gasteiger partial charge in [0, 0.05) is 10.00 Å². The summed E-state index contributed by atoms with van der Waals surface area (Å²) < 4.78 is 21.8. The first kappa shape index (κ1) is 14.7. The Balaban J connectivity index is 2.75. The van der Waals surface area contributed by atoms with Crippen LogP contribution in [0.15, 0.2) is 0 Å². The quantitative estimate of drug-likeness (QED) is 0.610. The normalized spacial score (nSPS) is 30.1. The Morgan fingerprint density at radius 1 is 1.47 bits per heavy atom. The number of nitrogens with two attached hydrogens (primary N) is 1. The SMILES string of the molecule is CC(C)(SC1CS(=O)(=O)CC1O)[C@@H](N)C(=O)O. The molecule has 100 valence electrons. The van der Waals surface area contributed by atoms with Crippen LogP contribution in [0.25, 0.3) is 0 Å². The van der Waals surface area contributed by atoms with Crippen molar-refractivity contribution in [3.63, 3.8) is 0 Å². The number of carboxylic acid groups (broad SMARTS) is 1. The Morgan fingerprint density at radius 2 is 2.00 bits per heavy atom. The molecule has 1 aliphatic rings. The summed E-state index contributed by atoms with van der Waals surface area (Å²) >= 11 is 1.12. The number of carboxylic acids is 1. The van der Waals surface area contributed by atoms with E-state index in [2.05, 4.69) is 0 Å². The molecule has 8 heteroatoms. The summed E-state index contributed by atoms with van der Waals surface area (Å²) in [5.41, 5.74) is 5.53. The molecular formula is C9H17NO5S2. The van der Waals surface area contributed by atoms with E-state index in [9.17, 15) is 18.3 Å². The zero-order valence-electron chi connectivity index (χ0n) is 9.66. The molecule has 1 heterocycles. The molecule has 0 aliphatic carbocycles. The Hall–Kier alpha value is -0.310. The predicted molar refractivity (Wildman–Crippen MR) is 65.7 cm³/mol. The number of thioether (sulfide) groups is 1. The molecule has 17 heavy (non-hydrogen) atoms. The zero-order valence-corrected chi connectivity index (χ0v) is 11.3. The molecule has 0 spiro atoms. The molecular weight excluding hydrogens is 266 g/mol. The third-order valence-corrected chi connectivity index (χ3v) is 6.31. The fourth-order valence-electron chi connectivity index (χ4n) is 1.67. The third kappa shape index (κ3) is 3.57. The second kappa shape index (κ2) is 4.75. The number of sulfone groups is 1. The van der Waals surface area contributed by atoms with Crippen molar-refractivity contribution in [3.8, 4) is 0 Å². The smallest absolute Gasteiger partial charge is 0.321 e. The van der Waals surface area contributed by atoms with Gasteiger partial charge in [0.1, 0.15) is 6.04 Å². The molecule has 0 aromatic rings. The number of carbonyl (C=O) groups is 1. The average Bonchev–Trinajstić information content (AvgIpc) is 2.37. The van der Waals surface area contributed by atoms with Gasteiger partial charge in [-0.2, -0.15) is 0 Å². The van der Waals surface area contributed by atoms with Crippen LogP contribution in [0.2, 0.25) is 0 Å². The van der Waals surface area contributed by atoms with Gasteiger partial charge in [-0.1, -0.05) is 0 Å². The lowest BCUT2D eigenvalue weighted by atomic mass is 10.1. The average molecular weight is 283 g/mol. The molecule has 3 atom stereocenters. The van der Waals surface area contributed by atoms with Crippen molar-refractivity contribution in [1.82, 2.24) is 0 Å². The molecule has 0 amide bonds. The van der Waals surface area contributed by atoms with Crippen molar-refractivity contribution < 1.29 is 23.4 Å². The van der Waals surface area contributed by atoms with Crippen LogP contribution in [0.4, 0.5) is 0 Å². The Kier molecular flexibility index (Phi) is 4.12. The minimum atomic E-state index is -3.22. The van der Waals surface area contributed by atoms with Crippen molar-refractivity contribution in [2.45, 2.75) is 36.0 Å². The number of aliphatic hydroxyl groups is 1. The van der Waals surface area contributed by atoms with E-state index in [-0.39, 0.29) is 11.5 Å². The molecule has 0 saturated carbocycles. The van der Waals surface area contributed by atoms with Crippen LogP contribution in [0.3, 0.4) is 0 Å². The van der Waals surface area contributed by atoms with Crippen molar-refractivity contribution in [2.75, 3.05) is 11.5 Å². The summed E-state index contributed by atoms with van der Waals surface area (Å²) in [7, 11) is -3.22. The molecule has 6 nitrogen and oxygen atoms in total. The van der Waals surface area contributed by atoms with Crippen molar-refractivity contribution in [1.29, 1.82) is 0 Å². The van der Waals surface area contributed by atoms with E-state index in [4.69, 9.17) is 10.8 Å². The summed E-state index contributed by atoms with van der Waals surface area (Å²) in [5.74, 6) is -1.53. The number of hydrogen-bond donors (Lipinski definition) is 3. The van der Waals surface area contributed by atoms with Gasteiger partial charge >= 0.3 is 5.97 Å². The Bertz CT molecular complexity index is 406. The van der Waals surface area contributed by atoms with Crippen LogP contribution in [0.5, 0.6) is 0 Å². The van der Waals surface area contributed by atoms with Crippen LogP contribution in [-0.4, -0.2) is 58.2 Å². The third-order valence-electron chi connectivity index (χ3n) is 2.74. The van der Waals surface area contributed by atoms with Gasteiger partial charge in [0.15, 0.2) is 9.84 Å². The summed E-state index contributed by atoms with van der Waals surface area (Å²) in [6.45, 7) is 3.27. The fourth-order valence-corrected chi connectivity index (χ4v) is 5.58. The first-order valence-electron chi connectivity index (χ1n) is 5.10. The highest BCUT2D eigenvalue weighted by Crippen LogP contribution is 2.36. The molecule has 1 fully saturated rings. The van der Waals surface area contributed by atoms with Crippen LogP contribution in [0, 0.1) is 0 Å². The first-order chi connectivity index (χ1) is 7.55. The molecule has 0 bridgehead atoms. The molecule has 1 saturated heterocycles. The van der Waals surface area contributed by atoms with Crippen LogP contribution in [0.1, 0.15) is 13.8 Å². The molecule has 1 rings (SSSR count). The van der Waals surface area contributed by atoms with Crippen molar-refractivity contribution in [2.24, 2.45) is 5.73 Å². The maximum Gasteiger partial charge on any atom is 0.321 e. The van der Waals surface area contributed by atoms with Gasteiger partial charge < -0.3 is 15.9 Å². The van der Waals surface area contributed by atoms with Crippen molar-refractivity contribution >= 4 is 27.6 Å². The summed E-state index contributed by atoms with van der Waals surface area (Å²) in [4.78, 5) is 10.8. The van der Waals surface area contributed by atoms with Gasteiger partial charge in [-0.3, -0.25) is 4.79 Å². The van der Waals surface area contributed by atoms with Crippen LogP contribution < -0.4 is 5.73 Å². The lowest BCUT2D eigenvalue weighted by Crippen LogP contribution is -2.48. The summed E-state index contributed by atoms with van der Waals surface area (Å²) in [5, 5.41) is 17.9. The maximum absolute atomic E-state index is 11.3. The monoisotopic (exact) mass is 283 g/mol. The first-order valence-corrected chi connectivity index (χ1v) is 7.80. The second-order valence-electron chi connectivity index (χ2n) is 4.72. The minimum absolute atomic E-state index is 0.130. The van der Waals surface area contributed by atoms with E-state index in [1.807, 2.05) is 0 Å². The van der Waals surface area contributed by atoms with Crippen LogP contribution >= 0.6 is 11.8 Å². The van der Waals surface area contributed by atoms with E-state index >= 15 is 0 Å². The predicted octanol–water partition coefficient (Wildman–Crippen LogP) is -0.932. The lowest BCUT2D eigenvalue weighted by molar-refractivity contribution is -0.139. The topological polar surface area (TPSA) is 118 Å². The largest absolute Gasteiger partial charge is 0.480 e. The summed E-state index contributed by atoms with van der Waals surface area (Å²) in [6, 6.07) is -1.11. The molecule has 0 aromatic heterocycles. The van der Waals surface area contributed by atoms with E-state index in [1.165, 1.54) is 0 Å². The molecule has 2 unspecified atom stereocenters. The Morgan fingerprint density at radius 3 is 2.35 bits per heavy atom. The zero-order chi connectivity index (χ0) is 13.4. The highest BCUT2D eigenvalue weighted by atomic mass is 32.2. The summed E-state index contributed by atoms with van der Waals surface area (Å²) in [6.07, 6.45) is -0.953. The molecule has 0 aromatic carbocycles. The van der Waals surface area contributed by atoms with Crippen LogP contribution in [-0.2, 0) is 14.6 Å². The van der Waals surface area contributed by atoms with Gasteiger partial charge in [-0.05, 0) is 13.8 Å².